The SMILES string of the molecule is CCn1c(=O)[nH]c2cc(C=C3CCN(c4ccc(C(=O)NC)nc4C)CC3)sc2c1=O. The van der Waals surface area contributed by atoms with Crippen molar-refractivity contribution in [2.45, 2.75) is 33.2 Å². The van der Waals surface area contributed by atoms with Crippen LogP contribution in [0, 0.1) is 6.92 Å². The van der Waals surface area contributed by atoms with Crippen LogP contribution in [-0.2, 0) is 6.54 Å². The Hall–Kier alpha value is -3.20. The molecule has 0 aliphatic carbocycles. The van der Waals surface area contributed by atoms with Gasteiger partial charge in [0.15, 0.2) is 0 Å². The van der Waals surface area contributed by atoms with Gasteiger partial charge < -0.3 is 15.2 Å². The average Bonchev–Trinajstić information content (AvgIpc) is 3.16. The van der Waals surface area contributed by atoms with Crippen molar-refractivity contribution in [1.29, 1.82) is 0 Å². The molecule has 1 aliphatic heterocycles. The van der Waals surface area contributed by atoms with E-state index in [0.29, 0.717) is 22.5 Å². The Morgan fingerprint density at radius 3 is 2.68 bits per heavy atom. The van der Waals surface area contributed by atoms with Crippen molar-refractivity contribution in [3.05, 3.63) is 60.9 Å². The summed E-state index contributed by atoms with van der Waals surface area (Å²) in [6.07, 6.45) is 3.94. The first-order valence-electron chi connectivity index (χ1n) is 10.3. The third kappa shape index (κ3) is 4.05. The number of hydrogen-bond acceptors (Lipinski definition) is 6. The number of aromatic nitrogens is 3. The van der Waals surface area contributed by atoms with E-state index in [0.717, 1.165) is 42.2 Å². The second-order valence-corrected chi connectivity index (χ2v) is 8.62. The molecular formula is C22H25N5O3S. The molecule has 0 bridgehead atoms. The predicted octanol–water partition coefficient (Wildman–Crippen LogP) is 2.52. The minimum Gasteiger partial charge on any atom is -0.369 e. The van der Waals surface area contributed by atoms with E-state index in [-0.39, 0.29) is 17.2 Å². The maximum atomic E-state index is 12.5. The van der Waals surface area contributed by atoms with Gasteiger partial charge in [0.05, 0.1) is 16.9 Å². The second-order valence-electron chi connectivity index (χ2n) is 7.54. The topological polar surface area (TPSA) is 100 Å². The lowest BCUT2D eigenvalue weighted by Crippen LogP contribution is -2.33. The van der Waals surface area contributed by atoms with Gasteiger partial charge in [0, 0.05) is 31.6 Å². The van der Waals surface area contributed by atoms with E-state index in [2.05, 4.69) is 26.3 Å². The predicted molar refractivity (Wildman–Crippen MR) is 124 cm³/mol. The van der Waals surface area contributed by atoms with Crippen molar-refractivity contribution in [3.63, 3.8) is 0 Å². The number of aromatic amines is 1. The van der Waals surface area contributed by atoms with Crippen molar-refractivity contribution in [1.82, 2.24) is 19.9 Å². The van der Waals surface area contributed by atoms with Crippen LogP contribution in [0.15, 0.2) is 33.4 Å². The zero-order chi connectivity index (χ0) is 22.1. The number of anilines is 1. The highest BCUT2D eigenvalue weighted by Gasteiger charge is 2.18. The maximum absolute atomic E-state index is 12.5. The molecule has 0 atom stereocenters. The first-order chi connectivity index (χ1) is 14.9. The molecule has 9 heteroatoms. The number of carbonyl (C=O) groups is 1. The lowest BCUT2D eigenvalue weighted by Gasteiger charge is -2.31. The number of thiophene rings is 1. The van der Waals surface area contributed by atoms with E-state index >= 15 is 0 Å². The van der Waals surface area contributed by atoms with Crippen molar-refractivity contribution >= 4 is 39.2 Å². The monoisotopic (exact) mass is 439 g/mol. The van der Waals surface area contributed by atoms with Gasteiger partial charge in [0.25, 0.3) is 11.5 Å². The second kappa shape index (κ2) is 8.50. The summed E-state index contributed by atoms with van der Waals surface area (Å²) < 4.78 is 1.81. The molecule has 2 N–H and O–H groups in total. The normalized spacial score (nSPS) is 14.2. The Morgan fingerprint density at radius 1 is 1.29 bits per heavy atom. The Labute approximate surface area is 183 Å². The van der Waals surface area contributed by atoms with Gasteiger partial charge in [-0.1, -0.05) is 5.57 Å². The molecule has 0 saturated carbocycles. The van der Waals surface area contributed by atoms with Gasteiger partial charge in [-0.3, -0.25) is 14.2 Å². The van der Waals surface area contributed by atoms with Crippen molar-refractivity contribution in [2.24, 2.45) is 0 Å². The molecule has 1 aliphatic rings. The number of amides is 1. The lowest BCUT2D eigenvalue weighted by atomic mass is 10.0. The fourth-order valence-corrected chi connectivity index (χ4v) is 5.00. The third-order valence-electron chi connectivity index (χ3n) is 5.60. The molecule has 3 aromatic rings. The summed E-state index contributed by atoms with van der Waals surface area (Å²) in [6.45, 7) is 5.78. The molecular weight excluding hydrogens is 414 g/mol. The standard InChI is InChI=1S/C22H25N5O3S/c1-4-27-21(29)19-17(25-22(27)30)12-15(31-19)11-14-7-9-26(10-8-14)18-6-5-16(20(28)23-3)24-13(18)2/h5-6,11-12H,4,7-10H2,1-3H3,(H,23,28)(H,25,30). The molecule has 0 radical (unpaired) electrons. The summed E-state index contributed by atoms with van der Waals surface area (Å²) >= 11 is 1.42. The van der Waals surface area contributed by atoms with Gasteiger partial charge >= 0.3 is 5.69 Å². The van der Waals surface area contributed by atoms with Crippen molar-refractivity contribution < 1.29 is 4.79 Å². The number of nitrogens with one attached hydrogen (secondary N) is 2. The summed E-state index contributed by atoms with van der Waals surface area (Å²) in [5.41, 5.74) is 3.64. The van der Waals surface area contributed by atoms with Gasteiger partial charge in [-0.25, -0.2) is 9.78 Å². The maximum Gasteiger partial charge on any atom is 0.328 e. The van der Waals surface area contributed by atoms with E-state index in [4.69, 9.17) is 0 Å². The third-order valence-corrected chi connectivity index (χ3v) is 6.67. The summed E-state index contributed by atoms with van der Waals surface area (Å²) in [5.74, 6) is -0.186. The van der Waals surface area contributed by atoms with Crippen LogP contribution in [0.3, 0.4) is 0 Å². The molecule has 4 rings (SSSR count). The number of carbonyl (C=O) groups excluding carboxylic acids is 1. The van der Waals surface area contributed by atoms with Gasteiger partial charge in [0.2, 0.25) is 0 Å². The first-order valence-corrected chi connectivity index (χ1v) is 11.1. The highest BCUT2D eigenvalue weighted by atomic mass is 32.1. The summed E-state index contributed by atoms with van der Waals surface area (Å²) in [5, 5.41) is 2.60. The van der Waals surface area contributed by atoms with Crippen LogP contribution in [0.1, 0.15) is 40.8 Å². The molecule has 0 aromatic carbocycles. The molecule has 1 amide bonds. The number of aryl methyl sites for hydroxylation is 1. The summed E-state index contributed by atoms with van der Waals surface area (Å²) in [4.78, 5) is 46.8. The van der Waals surface area contributed by atoms with Crippen molar-refractivity contribution in [3.8, 4) is 0 Å². The number of hydrogen-bond donors (Lipinski definition) is 2. The number of H-pyrrole nitrogens is 1. The number of rotatable bonds is 4. The van der Waals surface area contributed by atoms with Crippen LogP contribution in [0.4, 0.5) is 5.69 Å². The van der Waals surface area contributed by atoms with Crippen molar-refractivity contribution in [2.75, 3.05) is 25.0 Å². The molecule has 8 nitrogen and oxygen atoms in total. The zero-order valence-corrected chi connectivity index (χ0v) is 18.6. The molecule has 4 heterocycles. The van der Waals surface area contributed by atoms with Gasteiger partial charge in [-0.05, 0) is 51.0 Å². The number of piperidine rings is 1. The molecule has 3 aromatic heterocycles. The zero-order valence-electron chi connectivity index (χ0n) is 17.8. The van der Waals surface area contributed by atoms with Gasteiger partial charge in [-0.15, -0.1) is 11.3 Å². The minimum absolute atomic E-state index is 0.186. The average molecular weight is 440 g/mol. The highest BCUT2D eigenvalue weighted by molar-refractivity contribution is 7.19. The summed E-state index contributed by atoms with van der Waals surface area (Å²) in [6, 6.07) is 5.60. The Kier molecular flexibility index (Phi) is 5.77. The Morgan fingerprint density at radius 2 is 2.03 bits per heavy atom. The Bertz CT molecular complexity index is 1290. The van der Waals surface area contributed by atoms with Crippen LogP contribution in [0.2, 0.25) is 0 Å². The van der Waals surface area contributed by atoms with E-state index in [1.807, 2.05) is 19.1 Å². The number of fused-ring (bicyclic) bond motifs is 1. The quantitative estimate of drug-likeness (QED) is 0.651. The van der Waals surface area contributed by atoms with E-state index in [1.165, 1.54) is 21.5 Å². The molecule has 0 spiro atoms. The molecule has 162 valence electrons. The van der Waals surface area contributed by atoms with Crippen LogP contribution in [0.5, 0.6) is 0 Å². The Balaban J connectivity index is 1.51. The van der Waals surface area contributed by atoms with Crippen LogP contribution in [0.25, 0.3) is 16.3 Å². The molecule has 1 fully saturated rings. The highest BCUT2D eigenvalue weighted by Crippen LogP contribution is 2.29. The number of nitrogens with zero attached hydrogens (tertiary/aromatic N) is 3. The lowest BCUT2D eigenvalue weighted by molar-refractivity contribution is 0.0958. The smallest absolute Gasteiger partial charge is 0.328 e. The fraction of sp³-hybridized carbons (Fsp3) is 0.364. The fourth-order valence-electron chi connectivity index (χ4n) is 3.94. The number of pyridine rings is 1. The first kappa shape index (κ1) is 21.0. The van der Waals surface area contributed by atoms with Gasteiger partial charge in [-0.2, -0.15) is 0 Å². The molecule has 31 heavy (non-hydrogen) atoms. The minimum atomic E-state index is -0.364. The van der Waals surface area contributed by atoms with Crippen LogP contribution >= 0.6 is 11.3 Å². The van der Waals surface area contributed by atoms with Crippen LogP contribution < -0.4 is 21.5 Å². The van der Waals surface area contributed by atoms with E-state index < -0.39 is 0 Å². The van der Waals surface area contributed by atoms with Crippen LogP contribution in [-0.4, -0.2) is 40.6 Å². The van der Waals surface area contributed by atoms with E-state index in [1.54, 1.807) is 20.0 Å². The van der Waals surface area contributed by atoms with Gasteiger partial charge in [0.1, 0.15) is 10.4 Å². The van der Waals surface area contributed by atoms with E-state index in [9.17, 15) is 14.4 Å². The molecule has 1 saturated heterocycles. The summed E-state index contributed by atoms with van der Waals surface area (Å²) in [7, 11) is 1.60. The molecule has 0 unspecified atom stereocenters. The largest absolute Gasteiger partial charge is 0.369 e.